The molecule has 0 aliphatic rings. The highest BCUT2D eigenvalue weighted by Gasteiger charge is 2.13. The van der Waals surface area contributed by atoms with Gasteiger partial charge in [0.25, 0.3) is 5.91 Å². The fraction of sp³-hybridized carbons (Fsp3) is 0.111. The van der Waals surface area contributed by atoms with Crippen LogP contribution in [0, 0.1) is 0 Å². The molecule has 0 aliphatic carbocycles. The van der Waals surface area contributed by atoms with Crippen LogP contribution in [0.2, 0.25) is 0 Å². The van der Waals surface area contributed by atoms with E-state index in [2.05, 4.69) is 4.84 Å². The van der Waals surface area contributed by atoms with E-state index in [-0.39, 0.29) is 10.8 Å². The summed E-state index contributed by atoms with van der Waals surface area (Å²) >= 11 is 0. The molecule has 0 atom stereocenters. The van der Waals surface area contributed by atoms with Gasteiger partial charge >= 0.3 is 5.97 Å². The predicted molar refractivity (Wildman–Crippen MR) is 46.2 cm³/mol. The Kier molecular flexibility index (Phi) is 3.19. The number of nitrogens with zero attached hydrogens (tertiary/aromatic N) is 1. The zero-order valence-electron chi connectivity index (χ0n) is 7.51. The summed E-state index contributed by atoms with van der Waals surface area (Å²) in [4.78, 5) is 26.0. The van der Waals surface area contributed by atoms with Crippen LogP contribution in [0.25, 0.3) is 0 Å². The molecule has 0 bridgehead atoms. The Labute approximate surface area is 80.4 Å². The van der Waals surface area contributed by atoms with Crippen molar-refractivity contribution < 1.29 is 19.6 Å². The van der Waals surface area contributed by atoms with Crippen molar-refractivity contribution in [2.45, 2.75) is 6.92 Å². The van der Waals surface area contributed by atoms with E-state index in [1.54, 1.807) is 18.2 Å². The molecule has 0 radical (unpaired) electrons. The van der Waals surface area contributed by atoms with Gasteiger partial charge in [-0.05, 0) is 17.4 Å². The minimum Gasteiger partial charge on any atom is -0.307 e. The summed E-state index contributed by atoms with van der Waals surface area (Å²) in [7, 11) is 0. The molecule has 0 saturated carbocycles. The molecule has 5 nitrogen and oxygen atoms in total. The second-order valence-electron chi connectivity index (χ2n) is 2.54. The normalized spacial score (nSPS) is 9.29. The topological polar surface area (TPSA) is 66.8 Å². The fourth-order valence-electron chi connectivity index (χ4n) is 0.770. The number of carbonyl (C=O) groups excluding carboxylic acids is 2. The molecule has 0 saturated heterocycles. The summed E-state index contributed by atoms with van der Waals surface area (Å²) in [6, 6.07) is 8.04. The van der Waals surface area contributed by atoms with Crippen molar-refractivity contribution in [2.75, 3.05) is 0 Å². The Hall–Kier alpha value is -1.88. The van der Waals surface area contributed by atoms with Crippen LogP contribution >= 0.6 is 0 Å². The van der Waals surface area contributed by atoms with Gasteiger partial charge in [0.15, 0.2) is 0 Å². The average Bonchev–Trinajstić information content (AvgIpc) is 2.19. The van der Waals surface area contributed by atoms with Gasteiger partial charge in [-0.25, -0.2) is 4.79 Å². The van der Waals surface area contributed by atoms with Gasteiger partial charge in [0, 0.05) is 6.92 Å². The van der Waals surface area contributed by atoms with Crippen LogP contribution in [0.5, 0.6) is 0 Å². The van der Waals surface area contributed by atoms with E-state index in [4.69, 9.17) is 5.21 Å². The minimum absolute atomic E-state index is 0.102. The van der Waals surface area contributed by atoms with E-state index in [0.29, 0.717) is 0 Å². The third-order valence-electron chi connectivity index (χ3n) is 1.45. The maximum absolute atomic E-state index is 11.2. The van der Waals surface area contributed by atoms with Crippen LogP contribution in [-0.2, 0) is 9.63 Å². The average molecular weight is 195 g/mol. The number of carbonyl (C=O) groups is 2. The quantitative estimate of drug-likeness (QED) is 0.536. The number of hydrogen-bond acceptors (Lipinski definition) is 4. The lowest BCUT2D eigenvalue weighted by molar-refractivity contribution is -0.280. The fourth-order valence-corrected chi connectivity index (χ4v) is 0.770. The van der Waals surface area contributed by atoms with Crippen molar-refractivity contribution >= 4 is 11.9 Å². The number of rotatable bonds is 1. The molecule has 0 spiro atoms. The molecule has 1 amide bonds. The van der Waals surface area contributed by atoms with Crippen LogP contribution in [0.1, 0.15) is 17.3 Å². The van der Waals surface area contributed by atoms with Gasteiger partial charge in [-0.3, -0.25) is 10.0 Å². The smallest absolute Gasteiger partial charge is 0.307 e. The molecular formula is C9H9NO4. The lowest BCUT2D eigenvalue weighted by atomic mass is 10.2. The van der Waals surface area contributed by atoms with Gasteiger partial charge in [0.2, 0.25) is 0 Å². The van der Waals surface area contributed by atoms with E-state index in [1.165, 1.54) is 12.1 Å². The second-order valence-corrected chi connectivity index (χ2v) is 2.54. The van der Waals surface area contributed by atoms with Crippen molar-refractivity contribution in [1.29, 1.82) is 0 Å². The largest absolute Gasteiger partial charge is 0.366 e. The molecule has 0 aromatic heterocycles. The second kappa shape index (κ2) is 4.38. The zero-order chi connectivity index (χ0) is 10.6. The van der Waals surface area contributed by atoms with Crippen LogP contribution < -0.4 is 0 Å². The Balaban J connectivity index is 2.64. The third-order valence-corrected chi connectivity index (χ3v) is 1.45. The monoisotopic (exact) mass is 195 g/mol. The van der Waals surface area contributed by atoms with Crippen molar-refractivity contribution in [3.05, 3.63) is 35.9 Å². The molecule has 0 unspecified atom stereocenters. The zero-order valence-corrected chi connectivity index (χ0v) is 7.51. The number of benzene rings is 1. The van der Waals surface area contributed by atoms with Gasteiger partial charge in [-0.15, -0.1) is 0 Å². The molecule has 0 aliphatic heterocycles. The highest BCUT2D eigenvalue weighted by atomic mass is 16.9. The van der Waals surface area contributed by atoms with Crippen LogP contribution in [0.4, 0.5) is 0 Å². The van der Waals surface area contributed by atoms with Crippen LogP contribution in [-0.4, -0.2) is 22.3 Å². The van der Waals surface area contributed by atoms with Gasteiger partial charge < -0.3 is 4.84 Å². The highest BCUT2D eigenvalue weighted by Crippen LogP contribution is 2.02. The molecule has 1 aromatic rings. The van der Waals surface area contributed by atoms with E-state index >= 15 is 0 Å². The van der Waals surface area contributed by atoms with Gasteiger partial charge in [0.1, 0.15) is 0 Å². The van der Waals surface area contributed by atoms with Crippen LogP contribution in [0.3, 0.4) is 0 Å². The van der Waals surface area contributed by atoms with E-state index < -0.39 is 11.9 Å². The maximum Gasteiger partial charge on any atom is 0.366 e. The minimum atomic E-state index is -0.789. The lowest BCUT2D eigenvalue weighted by Gasteiger charge is -2.10. The number of amides is 1. The van der Waals surface area contributed by atoms with Gasteiger partial charge in [-0.2, -0.15) is 0 Å². The van der Waals surface area contributed by atoms with Gasteiger partial charge in [0.05, 0.1) is 5.56 Å². The Morgan fingerprint density at radius 1 is 1.29 bits per heavy atom. The molecule has 1 rings (SSSR count). The van der Waals surface area contributed by atoms with E-state index in [9.17, 15) is 9.59 Å². The van der Waals surface area contributed by atoms with E-state index in [1.807, 2.05) is 0 Å². The first kappa shape index (κ1) is 10.2. The van der Waals surface area contributed by atoms with Crippen LogP contribution in [0.15, 0.2) is 30.3 Å². The summed E-state index contributed by atoms with van der Waals surface area (Å²) in [5.41, 5.74) is 0.257. The highest BCUT2D eigenvalue weighted by molar-refractivity contribution is 5.89. The Bertz CT molecular complexity index is 336. The Morgan fingerprint density at radius 2 is 1.86 bits per heavy atom. The number of hydroxylamine groups is 2. The Morgan fingerprint density at radius 3 is 2.36 bits per heavy atom. The molecule has 1 N–H and O–H groups in total. The third kappa shape index (κ3) is 2.56. The first-order valence-corrected chi connectivity index (χ1v) is 3.88. The first-order chi connectivity index (χ1) is 6.61. The molecule has 5 heteroatoms. The molecule has 0 fully saturated rings. The molecule has 74 valence electrons. The molecule has 14 heavy (non-hydrogen) atoms. The standard InChI is InChI=1S/C9H9NO4/c1-7(11)10(13)14-9(12)8-5-3-2-4-6-8/h2-6,13H,1H3. The maximum atomic E-state index is 11.2. The summed E-state index contributed by atoms with van der Waals surface area (Å²) in [6.07, 6.45) is 0. The van der Waals surface area contributed by atoms with Crippen molar-refractivity contribution in [3.8, 4) is 0 Å². The molecular weight excluding hydrogens is 186 g/mol. The molecule has 1 aromatic carbocycles. The summed E-state index contributed by atoms with van der Waals surface area (Å²) < 4.78 is 0. The van der Waals surface area contributed by atoms with Gasteiger partial charge in [-0.1, -0.05) is 18.2 Å². The summed E-state index contributed by atoms with van der Waals surface area (Å²) in [5, 5.41) is 8.70. The van der Waals surface area contributed by atoms with Crippen molar-refractivity contribution in [2.24, 2.45) is 0 Å². The van der Waals surface area contributed by atoms with E-state index in [0.717, 1.165) is 6.92 Å². The number of hydrogen-bond donors (Lipinski definition) is 1. The lowest BCUT2D eigenvalue weighted by Crippen LogP contribution is -2.28. The summed E-state index contributed by atoms with van der Waals surface area (Å²) in [6.45, 7) is 1.07. The first-order valence-electron chi connectivity index (χ1n) is 3.88. The van der Waals surface area contributed by atoms with Crippen molar-refractivity contribution in [1.82, 2.24) is 5.23 Å². The summed E-state index contributed by atoms with van der Waals surface area (Å²) in [5.74, 6) is -1.56. The molecule has 0 heterocycles. The predicted octanol–water partition coefficient (Wildman–Crippen LogP) is 0.996. The SMILES string of the molecule is CC(=O)N(O)OC(=O)c1ccccc1. The van der Waals surface area contributed by atoms with Crippen molar-refractivity contribution in [3.63, 3.8) is 0 Å².